The van der Waals surface area contributed by atoms with Crippen LogP contribution < -0.4 is 5.32 Å². The molecule has 98 valence electrons. The first-order valence-electron chi connectivity index (χ1n) is 6.86. The highest BCUT2D eigenvalue weighted by molar-refractivity contribution is 5.78. The van der Waals surface area contributed by atoms with Crippen molar-refractivity contribution in [3.05, 3.63) is 0 Å². The van der Waals surface area contributed by atoms with Gasteiger partial charge in [-0.15, -0.1) is 0 Å². The minimum atomic E-state index is 0.275. The standard InChI is InChI=1S/C13H25N3O/c1-11-4-3-5-12(11)14-10-13(17)16-8-6-15(2)7-9-16/h11-12,14H,3-10H2,1-2H3. The summed E-state index contributed by atoms with van der Waals surface area (Å²) >= 11 is 0. The highest BCUT2D eigenvalue weighted by atomic mass is 16.2. The van der Waals surface area contributed by atoms with Crippen LogP contribution in [-0.4, -0.2) is 61.5 Å². The van der Waals surface area contributed by atoms with Crippen LogP contribution in [0.4, 0.5) is 0 Å². The van der Waals surface area contributed by atoms with E-state index in [9.17, 15) is 4.79 Å². The Labute approximate surface area is 104 Å². The van der Waals surface area contributed by atoms with Gasteiger partial charge in [-0.1, -0.05) is 13.3 Å². The van der Waals surface area contributed by atoms with Crippen molar-refractivity contribution >= 4 is 5.91 Å². The van der Waals surface area contributed by atoms with Crippen LogP contribution in [0.15, 0.2) is 0 Å². The molecule has 2 unspecified atom stereocenters. The van der Waals surface area contributed by atoms with Gasteiger partial charge in [0.05, 0.1) is 6.54 Å². The summed E-state index contributed by atoms with van der Waals surface area (Å²) in [5.74, 6) is 1.01. The van der Waals surface area contributed by atoms with Gasteiger partial charge in [-0.3, -0.25) is 4.79 Å². The van der Waals surface area contributed by atoms with Gasteiger partial charge in [-0.25, -0.2) is 0 Å². The maximum absolute atomic E-state index is 12.0. The zero-order chi connectivity index (χ0) is 12.3. The smallest absolute Gasteiger partial charge is 0.236 e. The maximum atomic E-state index is 12.0. The molecule has 0 radical (unpaired) electrons. The number of amides is 1. The third-order valence-corrected chi connectivity index (χ3v) is 4.23. The Bertz CT molecular complexity index is 261. The first-order valence-corrected chi connectivity index (χ1v) is 6.86. The SMILES string of the molecule is CC1CCCC1NCC(=O)N1CCN(C)CC1. The van der Waals surface area contributed by atoms with E-state index in [1.54, 1.807) is 0 Å². The molecule has 0 bridgehead atoms. The van der Waals surface area contributed by atoms with Gasteiger partial charge < -0.3 is 15.1 Å². The first kappa shape index (κ1) is 12.8. The molecule has 1 saturated heterocycles. The van der Waals surface area contributed by atoms with Crippen LogP contribution in [0.2, 0.25) is 0 Å². The fourth-order valence-corrected chi connectivity index (χ4v) is 2.83. The molecular formula is C13H25N3O. The van der Waals surface area contributed by atoms with E-state index in [-0.39, 0.29) is 5.91 Å². The van der Waals surface area contributed by atoms with E-state index in [1.165, 1.54) is 19.3 Å². The van der Waals surface area contributed by atoms with Gasteiger partial charge in [0.15, 0.2) is 0 Å². The van der Waals surface area contributed by atoms with E-state index >= 15 is 0 Å². The normalized spacial score (nSPS) is 30.8. The summed E-state index contributed by atoms with van der Waals surface area (Å²) in [6, 6.07) is 0.561. The van der Waals surface area contributed by atoms with Crippen molar-refractivity contribution in [1.29, 1.82) is 0 Å². The maximum Gasteiger partial charge on any atom is 0.236 e. The fourth-order valence-electron chi connectivity index (χ4n) is 2.83. The summed E-state index contributed by atoms with van der Waals surface area (Å²) in [6.07, 6.45) is 3.85. The highest BCUT2D eigenvalue weighted by Crippen LogP contribution is 2.24. The van der Waals surface area contributed by atoms with Gasteiger partial charge in [0.25, 0.3) is 0 Å². The summed E-state index contributed by atoms with van der Waals surface area (Å²) in [4.78, 5) is 16.3. The quantitative estimate of drug-likeness (QED) is 0.781. The lowest BCUT2D eigenvalue weighted by atomic mass is 10.1. The fraction of sp³-hybridized carbons (Fsp3) is 0.923. The molecule has 0 aromatic rings. The minimum absolute atomic E-state index is 0.275. The summed E-state index contributed by atoms with van der Waals surface area (Å²) in [5, 5.41) is 3.43. The summed E-state index contributed by atoms with van der Waals surface area (Å²) in [7, 11) is 2.11. The molecule has 2 aliphatic rings. The van der Waals surface area contributed by atoms with E-state index < -0.39 is 0 Å². The van der Waals surface area contributed by atoms with Gasteiger partial charge in [-0.2, -0.15) is 0 Å². The Morgan fingerprint density at radius 1 is 1.24 bits per heavy atom. The molecule has 0 aromatic heterocycles. The molecular weight excluding hydrogens is 214 g/mol. The molecule has 0 spiro atoms. The molecule has 2 rings (SSSR count). The molecule has 1 heterocycles. The molecule has 1 N–H and O–H groups in total. The predicted octanol–water partition coefficient (Wildman–Crippen LogP) is 0.539. The molecule has 4 nitrogen and oxygen atoms in total. The van der Waals surface area contributed by atoms with E-state index in [2.05, 4.69) is 24.2 Å². The first-order chi connectivity index (χ1) is 8.16. The van der Waals surface area contributed by atoms with Gasteiger partial charge in [0.2, 0.25) is 5.91 Å². The molecule has 1 aliphatic heterocycles. The lowest BCUT2D eigenvalue weighted by molar-refractivity contribution is -0.131. The number of piperazine rings is 1. The van der Waals surface area contributed by atoms with Gasteiger partial charge in [0.1, 0.15) is 0 Å². The van der Waals surface area contributed by atoms with Crippen LogP contribution >= 0.6 is 0 Å². The second kappa shape index (κ2) is 5.83. The van der Waals surface area contributed by atoms with E-state index in [1.807, 2.05) is 4.90 Å². The molecule has 4 heteroatoms. The van der Waals surface area contributed by atoms with E-state index in [4.69, 9.17) is 0 Å². The Hall–Kier alpha value is -0.610. The Morgan fingerprint density at radius 2 is 1.94 bits per heavy atom. The van der Waals surface area contributed by atoms with Crippen LogP contribution in [0.1, 0.15) is 26.2 Å². The number of rotatable bonds is 3. The molecule has 1 aliphatic carbocycles. The summed E-state index contributed by atoms with van der Waals surface area (Å²) in [5.41, 5.74) is 0. The molecule has 17 heavy (non-hydrogen) atoms. The van der Waals surface area contributed by atoms with Gasteiger partial charge >= 0.3 is 0 Å². The monoisotopic (exact) mass is 239 g/mol. The van der Waals surface area contributed by atoms with Crippen molar-refractivity contribution in [2.75, 3.05) is 39.8 Å². The summed E-state index contributed by atoms with van der Waals surface area (Å²) < 4.78 is 0. The van der Waals surface area contributed by atoms with Crippen molar-refractivity contribution < 1.29 is 4.79 Å². The van der Waals surface area contributed by atoms with Gasteiger partial charge in [0, 0.05) is 32.2 Å². The Morgan fingerprint density at radius 3 is 2.53 bits per heavy atom. The van der Waals surface area contributed by atoms with Crippen molar-refractivity contribution in [2.45, 2.75) is 32.2 Å². The molecule has 2 atom stereocenters. The number of carbonyl (C=O) groups is 1. The summed E-state index contributed by atoms with van der Waals surface area (Å²) in [6.45, 7) is 6.59. The van der Waals surface area contributed by atoms with Crippen LogP contribution in [0.5, 0.6) is 0 Å². The number of likely N-dealkylation sites (N-methyl/N-ethyl adjacent to an activating group) is 1. The highest BCUT2D eigenvalue weighted by Gasteiger charge is 2.25. The number of nitrogens with one attached hydrogen (secondary N) is 1. The number of hydrogen-bond donors (Lipinski definition) is 1. The lowest BCUT2D eigenvalue weighted by Crippen LogP contribution is -2.50. The third-order valence-electron chi connectivity index (χ3n) is 4.23. The average molecular weight is 239 g/mol. The van der Waals surface area contributed by atoms with E-state index in [0.717, 1.165) is 32.1 Å². The third kappa shape index (κ3) is 3.42. The lowest BCUT2D eigenvalue weighted by Gasteiger charge is -2.33. The molecule has 1 saturated carbocycles. The minimum Gasteiger partial charge on any atom is -0.339 e. The molecule has 2 fully saturated rings. The molecule has 1 amide bonds. The number of carbonyl (C=O) groups excluding carboxylic acids is 1. The van der Waals surface area contributed by atoms with Crippen LogP contribution in [0, 0.1) is 5.92 Å². The van der Waals surface area contributed by atoms with Crippen molar-refractivity contribution in [3.8, 4) is 0 Å². The van der Waals surface area contributed by atoms with Crippen molar-refractivity contribution in [2.24, 2.45) is 5.92 Å². The van der Waals surface area contributed by atoms with E-state index in [0.29, 0.717) is 12.6 Å². The number of hydrogen-bond acceptors (Lipinski definition) is 3. The largest absolute Gasteiger partial charge is 0.339 e. The predicted molar refractivity (Wildman–Crippen MR) is 68.9 cm³/mol. The molecule has 0 aromatic carbocycles. The zero-order valence-electron chi connectivity index (χ0n) is 11.1. The van der Waals surface area contributed by atoms with Crippen LogP contribution in [-0.2, 0) is 4.79 Å². The van der Waals surface area contributed by atoms with Crippen LogP contribution in [0.3, 0.4) is 0 Å². The Kier molecular flexibility index (Phi) is 4.40. The van der Waals surface area contributed by atoms with Crippen molar-refractivity contribution in [1.82, 2.24) is 15.1 Å². The average Bonchev–Trinajstić information content (AvgIpc) is 2.73. The Balaban J connectivity index is 1.70. The number of nitrogens with zero attached hydrogens (tertiary/aromatic N) is 2. The van der Waals surface area contributed by atoms with Crippen LogP contribution in [0.25, 0.3) is 0 Å². The van der Waals surface area contributed by atoms with Crippen molar-refractivity contribution in [3.63, 3.8) is 0 Å². The topological polar surface area (TPSA) is 35.6 Å². The second-order valence-corrected chi connectivity index (χ2v) is 5.58. The zero-order valence-corrected chi connectivity index (χ0v) is 11.1. The van der Waals surface area contributed by atoms with Gasteiger partial charge in [-0.05, 0) is 25.8 Å². The second-order valence-electron chi connectivity index (χ2n) is 5.58.